The van der Waals surface area contributed by atoms with Gasteiger partial charge >= 0.3 is 0 Å². The molecule has 36 heavy (non-hydrogen) atoms. The number of amides is 2. The topological polar surface area (TPSA) is 62.3 Å². The average molecular weight is 510 g/mol. The molecule has 0 saturated carbocycles. The zero-order valence-electron chi connectivity index (χ0n) is 20.4. The van der Waals surface area contributed by atoms with Crippen LogP contribution in [0.4, 0.5) is 10.1 Å². The fraction of sp³-hybridized carbons (Fsp3) is 0.333. The van der Waals surface area contributed by atoms with Gasteiger partial charge < -0.3 is 24.2 Å². The summed E-state index contributed by atoms with van der Waals surface area (Å²) in [5.41, 5.74) is 1.62. The first-order chi connectivity index (χ1) is 17.4. The maximum Gasteiger partial charge on any atom is 0.254 e. The molecule has 3 heterocycles. The summed E-state index contributed by atoms with van der Waals surface area (Å²) in [5.74, 6) is -0.191. The molecule has 0 bridgehead atoms. The first kappa shape index (κ1) is 24.1. The van der Waals surface area contributed by atoms with Crippen molar-refractivity contribution in [3.05, 3.63) is 75.7 Å². The molecule has 7 nitrogen and oxygen atoms in total. The molecule has 188 valence electrons. The number of piperazine rings is 1. The predicted octanol–water partition coefficient (Wildman–Crippen LogP) is 4.16. The van der Waals surface area contributed by atoms with E-state index in [4.69, 9.17) is 9.47 Å². The van der Waals surface area contributed by atoms with Crippen molar-refractivity contribution in [2.75, 3.05) is 52.3 Å². The number of hydrogen-bond donors (Lipinski definition) is 0. The summed E-state index contributed by atoms with van der Waals surface area (Å²) in [4.78, 5) is 34.0. The minimum Gasteiger partial charge on any atom is -0.493 e. The van der Waals surface area contributed by atoms with Gasteiger partial charge in [-0.25, -0.2) is 4.39 Å². The van der Waals surface area contributed by atoms with Gasteiger partial charge in [0.05, 0.1) is 31.9 Å². The van der Waals surface area contributed by atoms with E-state index >= 15 is 0 Å². The third kappa shape index (κ3) is 4.07. The van der Waals surface area contributed by atoms with Gasteiger partial charge in [-0.1, -0.05) is 18.2 Å². The van der Waals surface area contributed by atoms with E-state index in [9.17, 15) is 14.0 Å². The normalized spacial score (nSPS) is 19.8. The zero-order valence-corrected chi connectivity index (χ0v) is 21.3. The average Bonchev–Trinajstić information content (AvgIpc) is 3.44. The molecule has 2 aromatic carbocycles. The van der Waals surface area contributed by atoms with E-state index in [0.717, 1.165) is 4.88 Å². The number of anilines is 1. The minimum atomic E-state index is -0.610. The molecule has 2 aliphatic rings. The number of fused-ring (bicyclic) bond motifs is 1. The number of thiophene rings is 1. The predicted molar refractivity (Wildman–Crippen MR) is 137 cm³/mol. The van der Waals surface area contributed by atoms with Crippen LogP contribution in [0.1, 0.15) is 32.8 Å². The summed E-state index contributed by atoms with van der Waals surface area (Å²) in [6.45, 7) is 1.97. The van der Waals surface area contributed by atoms with Crippen LogP contribution < -0.4 is 14.4 Å². The molecule has 0 radical (unpaired) electrons. The van der Waals surface area contributed by atoms with Gasteiger partial charge in [-0.05, 0) is 41.3 Å². The molecule has 3 aromatic rings. The zero-order chi connectivity index (χ0) is 25.4. The maximum atomic E-state index is 14.3. The second kappa shape index (κ2) is 9.81. The molecule has 1 fully saturated rings. The standard InChI is InChI=1S/C27H28FN3O4S/c1-29-25(23-9-6-14-36-23)24(17-15-21(34-2)22(35-3)16-18(17)26(29)32)27(33)31-12-10-30(11-13-31)20-8-5-4-7-19(20)28/h4-9,14-16,24-25H,10-13H2,1-3H3/t24-,25+/m0/s1. The van der Waals surface area contributed by atoms with Gasteiger partial charge in [0.25, 0.3) is 5.91 Å². The van der Waals surface area contributed by atoms with Crippen LogP contribution in [-0.4, -0.2) is 69.1 Å². The van der Waals surface area contributed by atoms with E-state index < -0.39 is 12.0 Å². The van der Waals surface area contributed by atoms with Crippen LogP contribution in [-0.2, 0) is 4.79 Å². The number of para-hydroxylation sites is 1. The summed E-state index contributed by atoms with van der Waals surface area (Å²) in [5, 5.41) is 1.95. The Hall–Kier alpha value is -3.59. The van der Waals surface area contributed by atoms with Gasteiger partial charge in [0.2, 0.25) is 5.91 Å². The Morgan fingerprint density at radius 3 is 2.33 bits per heavy atom. The van der Waals surface area contributed by atoms with Gasteiger partial charge in [0, 0.05) is 43.7 Å². The first-order valence-corrected chi connectivity index (χ1v) is 12.7. The van der Waals surface area contributed by atoms with Crippen molar-refractivity contribution < 1.29 is 23.5 Å². The first-order valence-electron chi connectivity index (χ1n) is 11.8. The van der Waals surface area contributed by atoms with Gasteiger partial charge in [-0.3, -0.25) is 9.59 Å². The molecule has 0 aliphatic carbocycles. The van der Waals surface area contributed by atoms with Crippen LogP contribution in [0.3, 0.4) is 0 Å². The molecule has 0 N–H and O–H groups in total. The van der Waals surface area contributed by atoms with Gasteiger partial charge in [-0.15, -0.1) is 11.3 Å². The highest BCUT2D eigenvalue weighted by Crippen LogP contribution is 2.47. The Balaban J connectivity index is 1.51. The highest BCUT2D eigenvalue weighted by Gasteiger charge is 2.45. The van der Waals surface area contributed by atoms with Crippen molar-refractivity contribution in [1.82, 2.24) is 9.80 Å². The largest absolute Gasteiger partial charge is 0.493 e. The molecular weight excluding hydrogens is 481 g/mol. The number of ether oxygens (including phenoxy) is 2. The van der Waals surface area contributed by atoms with Crippen molar-refractivity contribution in [3.63, 3.8) is 0 Å². The van der Waals surface area contributed by atoms with Gasteiger partial charge in [0.15, 0.2) is 11.5 Å². The Morgan fingerprint density at radius 2 is 1.69 bits per heavy atom. The number of carbonyl (C=O) groups is 2. The third-order valence-corrected chi connectivity index (χ3v) is 8.00. The summed E-state index contributed by atoms with van der Waals surface area (Å²) in [6, 6.07) is 13.6. The number of likely N-dealkylation sites (N-methyl/N-ethyl adjacent to an activating group) is 1. The second-order valence-corrected chi connectivity index (χ2v) is 9.89. The fourth-order valence-electron chi connectivity index (χ4n) is 5.20. The molecule has 2 atom stereocenters. The summed E-state index contributed by atoms with van der Waals surface area (Å²) < 4.78 is 25.3. The fourth-order valence-corrected chi connectivity index (χ4v) is 6.11. The van der Waals surface area contributed by atoms with Crippen LogP contribution in [0.25, 0.3) is 0 Å². The SMILES string of the molecule is COc1cc2c(cc1OC)[C@H](C(=O)N1CCN(c3ccccc3F)CC1)[C@@H](c1cccs1)N(C)C2=O. The Labute approximate surface area is 213 Å². The molecule has 9 heteroatoms. The summed E-state index contributed by atoms with van der Waals surface area (Å²) in [7, 11) is 4.80. The summed E-state index contributed by atoms with van der Waals surface area (Å²) >= 11 is 1.52. The molecule has 0 spiro atoms. The third-order valence-electron chi connectivity index (χ3n) is 7.06. The Kier molecular flexibility index (Phi) is 6.57. The van der Waals surface area contributed by atoms with E-state index in [1.165, 1.54) is 31.6 Å². The van der Waals surface area contributed by atoms with Crippen molar-refractivity contribution >= 4 is 28.8 Å². The number of hydrogen-bond acceptors (Lipinski definition) is 6. The number of methoxy groups -OCH3 is 2. The number of nitrogens with zero attached hydrogens (tertiary/aromatic N) is 3. The van der Waals surface area contributed by atoms with Crippen molar-refractivity contribution in [2.24, 2.45) is 0 Å². The lowest BCUT2D eigenvalue weighted by Gasteiger charge is -2.43. The van der Waals surface area contributed by atoms with Gasteiger partial charge in [0.1, 0.15) is 5.82 Å². The highest BCUT2D eigenvalue weighted by molar-refractivity contribution is 7.10. The van der Waals surface area contributed by atoms with Crippen LogP contribution in [0, 0.1) is 5.82 Å². The van der Waals surface area contributed by atoms with Crippen LogP contribution in [0.15, 0.2) is 53.9 Å². The number of halogens is 1. The van der Waals surface area contributed by atoms with E-state index in [1.54, 1.807) is 36.2 Å². The van der Waals surface area contributed by atoms with E-state index in [0.29, 0.717) is 54.5 Å². The van der Waals surface area contributed by atoms with Crippen LogP contribution in [0.2, 0.25) is 0 Å². The molecule has 0 unspecified atom stereocenters. The molecule has 1 saturated heterocycles. The van der Waals surface area contributed by atoms with Crippen LogP contribution >= 0.6 is 11.3 Å². The lowest BCUT2D eigenvalue weighted by molar-refractivity contribution is -0.134. The Bertz CT molecular complexity index is 1270. The van der Waals surface area contributed by atoms with Crippen molar-refractivity contribution in [3.8, 4) is 11.5 Å². The quantitative estimate of drug-likeness (QED) is 0.517. The smallest absolute Gasteiger partial charge is 0.254 e. The van der Waals surface area contributed by atoms with Crippen molar-refractivity contribution in [1.29, 1.82) is 0 Å². The highest BCUT2D eigenvalue weighted by atomic mass is 32.1. The minimum absolute atomic E-state index is 0.0607. The lowest BCUT2D eigenvalue weighted by Crippen LogP contribution is -2.53. The van der Waals surface area contributed by atoms with Gasteiger partial charge in [-0.2, -0.15) is 0 Å². The number of rotatable bonds is 5. The maximum absolute atomic E-state index is 14.3. The van der Waals surface area contributed by atoms with Crippen LogP contribution in [0.5, 0.6) is 11.5 Å². The van der Waals surface area contributed by atoms with E-state index in [1.807, 2.05) is 33.4 Å². The molecule has 2 aliphatic heterocycles. The monoisotopic (exact) mass is 509 g/mol. The second-order valence-electron chi connectivity index (χ2n) is 8.91. The molecule has 2 amide bonds. The number of benzene rings is 2. The molecular formula is C27H28FN3O4S. The summed E-state index contributed by atoms with van der Waals surface area (Å²) in [6.07, 6.45) is 0. The lowest BCUT2D eigenvalue weighted by atomic mass is 9.81. The van der Waals surface area contributed by atoms with E-state index in [2.05, 4.69) is 0 Å². The number of carbonyl (C=O) groups excluding carboxylic acids is 2. The molecule has 5 rings (SSSR count). The molecule has 1 aromatic heterocycles. The Morgan fingerprint density at radius 1 is 1.00 bits per heavy atom. The van der Waals surface area contributed by atoms with E-state index in [-0.39, 0.29) is 17.6 Å². The van der Waals surface area contributed by atoms with Crippen molar-refractivity contribution in [2.45, 2.75) is 12.0 Å².